The average molecular weight is 950 g/mol. The highest BCUT2D eigenvalue weighted by Gasteiger charge is 2.48. The number of fused-ring (bicyclic) bond motifs is 1. The van der Waals surface area contributed by atoms with Crippen molar-refractivity contribution in [2.75, 3.05) is 53.1 Å². The number of aromatic nitrogens is 4. The van der Waals surface area contributed by atoms with Crippen LogP contribution >= 0.6 is 8.53 Å². The fourth-order valence-electron chi connectivity index (χ4n) is 7.94. The van der Waals surface area contributed by atoms with E-state index in [2.05, 4.69) is 20.3 Å². The average Bonchev–Trinajstić information content (AvgIpc) is 3.93. The summed E-state index contributed by atoms with van der Waals surface area (Å²) in [6, 6.07) is 36.6. The molecule has 6 aromatic rings. The molecule has 3 heterocycles. The molecular formula is C50H60N7O10P. The molecule has 4 aromatic carbocycles. The molecule has 0 bridgehead atoms. The highest BCUT2D eigenvalue weighted by atomic mass is 31.2. The van der Waals surface area contributed by atoms with Gasteiger partial charge in [-0.3, -0.25) is 9.36 Å². The first-order valence-corrected chi connectivity index (χ1v) is 23.4. The number of imidazole rings is 1. The van der Waals surface area contributed by atoms with Crippen LogP contribution in [0.2, 0.25) is 0 Å². The lowest BCUT2D eigenvalue weighted by Crippen LogP contribution is -2.40. The number of benzene rings is 4. The van der Waals surface area contributed by atoms with Crippen molar-refractivity contribution >= 4 is 31.4 Å². The van der Waals surface area contributed by atoms with Crippen molar-refractivity contribution < 1.29 is 47.7 Å². The number of amides is 1. The van der Waals surface area contributed by atoms with Crippen molar-refractivity contribution in [3.8, 4) is 17.6 Å². The molecule has 7 rings (SSSR count). The van der Waals surface area contributed by atoms with Gasteiger partial charge in [-0.2, -0.15) is 5.26 Å². The van der Waals surface area contributed by atoms with Crippen LogP contribution in [0, 0.1) is 11.3 Å². The number of ether oxygens (including phenoxy) is 6. The summed E-state index contributed by atoms with van der Waals surface area (Å²) in [7, 11) is 3.27. The predicted octanol–water partition coefficient (Wildman–Crippen LogP) is 7.65. The van der Waals surface area contributed by atoms with E-state index >= 15 is 0 Å². The standard InChI is InChI=1S/C41H41N5O8.C9H19N2O2P/c1-49-22-23-52-36-35(47)33(54-40(36)46-26-44-34-37(42-25-43-38(34)46)45-39(48)27-10-6-4-7-11-27)24-53-41(28-12-8-5-9-13-28,29-14-18-31(50-2)19-15-29)30-16-20-32(51-3)21-17-30;1-8(2)11(9(3)4)14(12)13-7-5-6-10/h4-21,25-26,33,35-36,40,47H,22-24H2,1-3H3,(H,42,43,45,48);8-9,12H,5,7H2,1-4H3/t33-,35-,36-,40-;/m1./s1. The molecule has 1 aliphatic heterocycles. The number of nitriles is 1. The third-order valence-electron chi connectivity index (χ3n) is 11.1. The molecule has 68 heavy (non-hydrogen) atoms. The van der Waals surface area contributed by atoms with Gasteiger partial charge in [-0.05, 0) is 80.8 Å². The van der Waals surface area contributed by atoms with Gasteiger partial charge in [0.25, 0.3) is 14.4 Å². The third kappa shape index (κ3) is 12.2. The molecule has 0 aliphatic carbocycles. The number of nitrogens with zero attached hydrogens (tertiary/aromatic N) is 6. The Bertz CT molecular complexity index is 2460. The third-order valence-corrected chi connectivity index (χ3v) is 12.9. The minimum Gasteiger partial charge on any atom is -0.497 e. The molecule has 17 nitrogen and oxygen atoms in total. The summed E-state index contributed by atoms with van der Waals surface area (Å²) >= 11 is 0. The molecule has 0 saturated carbocycles. The number of anilines is 1. The molecule has 1 fully saturated rings. The van der Waals surface area contributed by atoms with Gasteiger partial charge >= 0.3 is 0 Å². The Morgan fingerprint density at radius 3 is 1.99 bits per heavy atom. The number of carbonyl (C=O) groups is 1. The summed E-state index contributed by atoms with van der Waals surface area (Å²) < 4.78 is 44.9. The highest BCUT2D eigenvalue weighted by Crippen LogP contribution is 2.44. The number of nitrogens with one attached hydrogen (secondary N) is 1. The van der Waals surface area contributed by atoms with Crippen LogP contribution in [0.1, 0.15) is 67.4 Å². The summed E-state index contributed by atoms with van der Waals surface area (Å²) in [5.41, 5.74) is 2.57. The Hall–Kier alpha value is -5.90. The first-order chi connectivity index (χ1) is 33.0. The molecule has 3 N–H and O–H groups in total. The fraction of sp³-hybridized carbons (Fsp3) is 0.380. The summed E-state index contributed by atoms with van der Waals surface area (Å²) in [6.45, 7) is 8.79. The molecule has 1 amide bonds. The number of hydrogen-bond acceptors (Lipinski definition) is 15. The first-order valence-electron chi connectivity index (χ1n) is 22.2. The highest BCUT2D eigenvalue weighted by molar-refractivity contribution is 7.43. The lowest BCUT2D eigenvalue weighted by molar-refractivity contribution is -0.0970. The van der Waals surface area contributed by atoms with E-state index in [0.29, 0.717) is 47.9 Å². The first kappa shape index (κ1) is 51.5. The van der Waals surface area contributed by atoms with Crippen LogP contribution in [0.4, 0.5) is 5.82 Å². The SMILES string of the molecule is CC(C)N(C(C)C)P(O)OCCC#N.COCCO[C@@H]1[C@H](O)[C@@H](COC(c2ccccc2)(c2ccc(OC)cc2)c2ccc(OC)cc2)O[C@H]1n1cnc2c(NC(=O)c3ccccc3)ncnc21. The number of hydrogen-bond donors (Lipinski definition) is 3. The van der Waals surface area contributed by atoms with Crippen molar-refractivity contribution in [3.63, 3.8) is 0 Å². The number of rotatable bonds is 21. The van der Waals surface area contributed by atoms with Crippen LogP contribution in [-0.2, 0) is 29.1 Å². The molecule has 1 aliphatic rings. The van der Waals surface area contributed by atoms with Gasteiger partial charge in [-0.25, -0.2) is 19.6 Å². The monoisotopic (exact) mass is 949 g/mol. The summed E-state index contributed by atoms with van der Waals surface area (Å²) in [4.78, 5) is 36.1. The van der Waals surface area contributed by atoms with E-state index in [9.17, 15) is 14.8 Å². The number of methoxy groups -OCH3 is 3. The Morgan fingerprint density at radius 1 is 0.838 bits per heavy atom. The molecule has 18 heteroatoms. The molecule has 0 radical (unpaired) electrons. The van der Waals surface area contributed by atoms with Crippen LogP contribution in [0.5, 0.6) is 11.5 Å². The summed E-state index contributed by atoms with van der Waals surface area (Å²) in [5.74, 6) is 1.28. The molecular weight excluding hydrogens is 890 g/mol. The Balaban J connectivity index is 0.000000472. The number of carbonyl (C=O) groups excluding carboxylic acids is 1. The van der Waals surface area contributed by atoms with E-state index in [1.807, 2.05) is 123 Å². The normalized spacial score (nSPS) is 17.5. The quantitative estimate of drug-likeness (QED) is 0.0360. The van der Waals surface area contributed by atoms with Gasteiger partial charge in [0.1, 0.15) is 41.7 Å². The number of aliphatic hydroxyl groups is 1. The molecule has 360 valence electrons. The van der Waals surface area contributed by atoms with Gasteiger partial charge in [-0.1, -0.05) is 72.8 Å². The van der Waals surface area contributed by atoms with Gasteiger partial charge in [0.15, 0.2) is 23.2 Å². The number of aliphatic hydroxyl groups excluding tert-OH is 1. The zero-order valence-corrected chi connectivity index (χ0v) is 40.2. The molecule has 2 aromatic heterocycles. The largest absolute Gasteiger partial charge is 0.497 e. The molecule has 0 spiro atoms. The van der Waals surface area contributed by atoms with Crippen molar-refractivity contribution in [1.29, 1.82) is 5.26 Å². The van der Waals surface area contributed by atoms with Crippen LogP contribution in [0.25, 0.3) is 11.2 Å². The van der Waals surface area contributed by atoms with E-state index in [4.69, 9.17) is 38.2 Å². The Kier molecular flexibility index (Phi) is 18.9. The summed E-state index contributed by atoms with van der Waals surface area (Å²) in [5, 5.41) is 23.1. The van der Waals surface area contributed by atoms with Crippen LogP contribution < -0.4 is 14.8 Å². The minimum atomic E-state index is -1.55. The van der Waals surface area contributed by atoms with Gasteiger partial charge < -0.3 is 48.3 Å². The smallest absolute Gasteiger partial charge is 0.256 e. The minimum absolute atomic E-state index is 0.0469. The zero-order valence-electron chi connectivity index (χ0n) is 39.3. The van der Waals surface area contributed by atoms with E-state index in [1.54, 1.807) is 50.2 Å². The second kappa shape index (κ2) is 24.9. The maximum absolute atomic E-state index is 13.0. The lowest BCUT2D eigenvalue weighted by Gasteiger charge is -2.37. The van der Waals surface area contributed by atoms with E-state index < -0.39 is 38.7 Å². The van der Waals surface area contributed by atoms with Crippen molar-refractivity contribution in [1.82, 2.24) is 24.2 Å². The van der Waals surface area contributed by atoms with Crippen LogP contribution in [0.3, 0.4) is 0 Å². The van der Waals surface area contributed by atoms with Crippen molar-refractivity contribution in [3.05, 3.63) is 144 Å². The maximum Gasteiger partial charge on any atom is 0.256 e. The second-order valence-corrected chi connectivity index (χ2v) is 17.4. The second-order valence-electron chi connectivity index (χ2n) is 16.1. The zero-order chi connectivity index (χ0) is 48.6. The van der Waals surface area contributed by atoms with Crippen LogP contribution in [-0.4, -0.2) is 118 Å². The van der Waals surface area contributed by atoms with E-state index in [-0.39, 0.29) is 37.0 Å². The van der Waals surface area contributed by atoms with E-state index in [0.717, 1.165) is 16.7 Å². The molecule has 1 saturated heterocycles. The lowest BCUT2D eigenvalue weighted by atomic mass is 9.80. The van der Waals surface area contributed by atoms with Crippen molar-refractivity contribution in [2.45, 2.75) is 76.3 Å². The van der Waals surface area contributed by atoms with Gasteiger partial charge in [0.2, 0.25) is 0 Å². The Labute approximate surface area is 398 Å². The van der Waals surface area contributed by atoms with Gasteiger partial charge in [-0.15, -0.1) is 0 Å². The molecule has 1 unspecified atom stereocenters. The Morgan fingerprint density at radius 2 is 1.43 bits per heavy atom. The fourth-order valence-corrected chi connectivity index (χ4v) is 9.12. The topological polar surface area (TPSA) is 205 Å². The van der Waals surface area contributed by atoms with E-state index in [1.165, 1.54) is 12.7 Å². The summed E-state index contributed by atoms with van der Waals surface area (Å²) in [6.07, 6.45) is -0.543. The van der Waals surface area contributed by atoms with Gasteiger partial charge in [0.05, 0.1) is 59.5 Å². The predicted molar refractivity (Wildman–Crippen MR) is 257 cm³/mol. The van der Waals surface area contributed by atoms with Crippen LogP contribution in [0.15, 0.2) is 122 Å². The molecule has 5 atom stereocenters. The maximum atomic E-state index is 13.0. The van der Waals surface area contributed by atoms with Crippen molar-refractivity contribution in [2.24, 2.45) is 0 Å². The van der Waals surface area contributed by atoms with Gasteiger partial charge in [0, 0.05) is 24.8 Å².